The summed E-state index contributed by atoms with van der Waals surface area (Å²) < 4.78 is 0. The molecule has 0 saturated carbocycles. The van der Waals surface area contributed by atoms with Crippen LogP contribution in [-0.2, 0) is 0 Å². The first-order chi connectivity index (χ1) is 4.18. The van der Waals surface area contributed by atoms with Crippen molar-refractivity contribution < 1.29 is 0 Å². The van der Waals surface area contributed by atoms with Crippen LogP contribution in [0.4, 0.5) is 0 Å². The molecule has 1 nitrogen and oxygen atoms in total. The molecule has 52 valence electrons. The lowest BCUT2D eigenvalue weighted by Crippen LogP contribution is -1.86. The van der Waals surface area contributed by atoms with Crippen molar-refractivity contribution >= 4 is 6.21 Å². The van der Waals surface area contributed by atoms with Gasteiger partial charge < -0.3 is 0 Å². The molecule has 0 spiro atoms. The summed E-state index contributed by atoms with van der Waals surface area (Å²) in [5.41, 5.74) is 1.33. The highest BCUT2D eigenvalue weighted by Crippen LogP contribution is 2.06. The maximum atomic E-state index is 4.01. The second-order valence-corrected chi connectivity index (χ2v) is 2.44. The van der Waals surface area contributed by atoms with Gasteiger partial charge in [0.05, 0.1) is 0 Å². The van der Waals surface area contributed by atoms with Crippen molar-refractivity contribution in [2.45, 2.75) is 27.7 Å². The van der Waals surface area contributed by atoms with Crippen molar-refractivity contribution in [3.63, 3.8) is 0 Å². The van der Waals surface area contributed by atoms with Crippen molar-refractivity contribution in [1.82, 2.24) is 0 Å². The van der Waals surface area contributed by atoms with E-state index in [0.29, 0.717) is 5.92 Å². The Kier molecular flexibility index (Phi) is 4.02. The smallest absolute Gasteiger partial charge is 0.0255 e. The number of aliphatic imine (C=N–C) groups is 1. The number of nitrogens with zero attached hydrogens (tertiary/aromatic N) is 1. The molecule has 9 heavy (non-hydrogen) atoms. The normalized spacial score (nSPS) is 13.7. The van der Waals surface area contributed by atoms with E-state index in [1.807, 2.05) is 13.1 Å². The maximum absolute atomic E-state index is 4.01. The van der Waals surface area contributed by atoms with Crippen LogP contribution in [0.25, 0.3) is 0 Å². The first-order valence-corrected chi connectivity index (χ1v) is 3.33. The number of allylic oxidation sites excluding steroid dienone is 1. The number of rotatable bonds is 2. The first-order valence-electron chi connectivity index (χ1n) is 3.33. The second-order valence-electron chi connectivity index (χ2n) is 2.44. The third-order valence-electron chi connectivity index (χ3n) is 1.34. The minimum absolute atomic E-state index is 0.619. The zero-order chi connectivity index (χ0) is 7.28. The fourth-order valence-electron chi connectivity index (χ4n) is 0.341. The van der Waals surface area contributed by atoms with Gasteiger partial charge in [-0.05, 0) is 19.8 Å². The fourth-order valence-corrected chi connectivity index (χ4v) is 0.341. The molecule has 0 radical (unpaired) electrons. The van der Waals surface area contributed by atoms with Crippen LogP contribution in [0.15, 0.2) is 16.8 Å². The molecule has 0 aromatic carbocycles. The van der Waals surface area contributed by atoms with Gasteiger partial charge in [0.15, 0.2) is 0 Å². The summed E-state index contributed by atoms with van der Waals surface area (Å²) in [5.74, 6) is 0.619. The van der Waals surface area contributed by atoms with Crippen molar-refractivity contribution in [2.24, 2.45) is 10.9 Å². The molecule has 0 fully saturated rings. The Morgan fingerprint density at radius 3 is 2.33 bits per heavy atom. The largest absolute Gasteiger partial charge is 0.269 e. The van der Waals surface area contributed by atoms with E-state index in [-0.39, 0.29) is 0 Å². The molecule has 0 aromatic rings. The van der Waals surface area contributed by atoms with E-state index in [4.69, 9.17) is 0 Å². The number of hydrogen-bond donors (Lipinski definition) is 0. The maximum Gasteiger partial charge on any atom is 0.0255 e. The third kappa shape index (κ3) is 3.95. The average Bonchev–Trinajstić information content (AvgIpc) is 1.82. The predicted octanol–water partition coefficient (Wildman–Crippen LogP) is 2.64. The molecular weight excluding hydrogens is 110 g/mol. The molecule has 0 aromatic heterocycles. The highest BCUT2D eigenvalue weighted by molar-refractivity contribution is 5.54. The second kappa shape index (κ2) is 4.30. The van der Waals surface area contributed by atoms with E-state index in [9.17, 15) is 0 Å². The zero-order valence-corrected chi connectivity index (χ0v) is 6.68. The van der Waals surface area contributed by atoms with Crippen LogP contribution in [0.2, 0.25) is 0 Å². The third-order valence-corrected chi connectivity index (χ3v) is 1.34. The predicted molar refractivity (Wildman–Crippen MR) is 42.8 cm³/mol. The number of hydrogen-bond acceptors (Lipinski definition) is 1. The van der Waals surface area contributed by atoms with Crippen molar-refractivity contribution in [1.29, 1.82) is 0 Å². The highest BCUT2D eigenvalue weighted by atomic mass is 14.7. The summed E-state index contributed by atoms with van der Waals surface area (Å²) in [6.45, 7) is 8.34. The lowest BCUT2D eigenvalue weighted by atomic mass is 10.1. The molecule has 1 heteroatoms. The molecule has 0 bridgehead atoms. The molecule has 0 aliphatic carbocycles. The van der Waals surface area contributed by atoms with Gasteiger partial charge in [-0.3, -0.25) is 4.99 Å². The molecule has 0 rings (SSSR count). The van der Waals surface area contributed by atoms with Gasteiger partial charge in [0, 0.05) is 12.4 Å². The molecule has 0 aliphatic rings. The minimum Gasteiger partial charge on any atom is -0.269 e. The van der Waals surface area contributed by atoms with Crippen molar-refractivity contribution in [2.75, 3.05) is 0 Å². The van der Waals surface area contributed by atoms with E-state index in [2.05, 4.69) is 25.8 Å². The standard InChI is InChI=1S/C8H15N/c1-5-9-6-8(4)7(2)3/h5-7H,1-4H3. The van der Waals surface area contributed by atoms with Crippen LogP contribution in [0.1, 0.15) is 27.7 Å². The van der Waals surface area contributed by atoms with Gasteiger partial charge in [-0.1, -0.05) is 19.4 Å². The van der Waals surface area contributed by atoms with E-state index in [1.54, 1.807) is 6.21 Å². The topological polar surface area (TPSA) is 12.4 Å². The van der Waals surface area contributed by atoms with E-state index >= 15 is 0 Å². The van der Waals surface area contributed by atoms with Crippen LogP contribution >= 0.6 is 0 Å². The van der Waals surface area contributed by atoms with Crippen LogP contribution in [-0.4, -0.2) is 6.21 Å². The van der Waals surface area contributed by atoms with Crippen LogP contribution in [0.3, 0.4) is 0 Å². The Hall–Kier alpha value is -0.590. The van der Waals surface area contributed by atoms with Gasteiger partial charge in [0.1, 0.15) is 0 Å². The Morgan fingerprint density at radius 1 is 1.44 bits per heavy atom. The summed E-state index contributed by atoms with van der Waals surface area (Å²) in [7, 11) is 0. The molecule has 0 heterocycles. The molecule has 0 amide bonds. The lowest BCUT2D eigenvalue weighted by Gasteiger charge is -2.00. The summed E-state index contributed by atoms with van der Waals surface area (Å²) in [5, 5.41) is 0. The minimum atomic E-state index is 0.619. The average molecular weight is 125 g/mol. The molecule has 0 saturated heterocycles. The molecule has 0 unspecified atom stereocenters. The SMILES string of the molecule is CC=NC=C(C)C(C)C. The summed E-state index contributed by atoms with van der Waals surface area (Å²) in [4.78, 5) is 4.01. The molecular formula is C8H15N. The monoisotopic (exact) mass is 125 g/mol. The van der Waals surface area contributed by atoms with Gasteiger partial charge in [-0.15, -0.1) is 0 Å². The lowest BCUT2D eigenvalue weighted by molar-refractivity contribution is 0.766. The fraction of sp³-hybridized carbons (Fsp3) is 0.625. The van der Waals surface area contributed by atoms with Gasteiger partial charge >= 0.3 is 0 Å². The Balaban J connectivity index is 3.84. The Morgan fingerprint density at radius 2 is 2.00 bits per heavy atom. The molecule has 0 aliphatic heterocycles. The van der Waals surface area contributed by atoms with E-state index in [0.717, 1.165) is 0 Å². The zero-order valence-electron chi connectivity index (χ0n) is 6.68. The first kappa shape index (κ1) is 8.41. The van der Waals surface area contributed by atoms with E-state index in [1.165, 1.54) is 5.57 Å². The van der Waals surface area contributed by atoms with E-state index < -0.39 is 0 Å². The van der Waals surface area contributed by atoms with Gasteiger partial charge in [-0.25, -0.2) is 0 Å². The van der Waals surface area contributed by atoms with Crippen molar-refractivity contribution in [3.05, 3.63) is 11.8 Å². The Labute approximate surface area is 57.5 Å². The highest BCUT2D eigenvalue weighted by Gasteiger charge is 1.92. The van der Waals surface area contributed by atoms with Crippen LogP contribution in [0, 0.1) is 5.92 Å². The molecule has 0 atom stereocenters. The Bertz CT molecular complexity index is 121. The summed E-state index contributed by atoms with van der Waals surface area (Å²) in [6, 6.07) is 0. The van der Waals surface area contributed by atoms with Crippen LogP contribution < -0.4 is 0 Å². The molecule has 0 N–H and O–H groups in total. The van der Waals surface area contributed by atoms with Gasteiger partial charge in [0.2, 0.25) is 0 Å². The van der Waals surface area contributed by atoms with Crippen molar-refractivity contribution in [3.8, 4) is 0 Å². The van der Waals surface area contributed by atoms with Crippen LogP contribution in [0.5, 0.6) is 0 Å². The van der Waals surface area contributed by atoms with Gasteiger partial charge in [0.25, 0.3) is 0 Å². The quantitative estimate of drug-likeness (QED) is 0.503. The van der Waals surface area contributed by atoms with Gasteiger partial charge in [-0.2, -0.15) is 0 Å². The summed E-state index contributed by atoms with van der Waals surface area (Å²) in [6.07, 6.45) is 3.70. The summed E-state index contributed by atoms with van der Waals surface area (Å²) >= 11 is 0.